The Morgan fingerprint density at radius 3 is 2.79 bits per heavy atom. The average molecular weight is 193 g/mol. The molecule has 1 rings (SSSR count). The number of hydrogen-bond donors (Lipinski definition) is 2. The number of nitrogens with one attached hydrogen (secondary N) is 1. The fraction of sp³-hybridized carbons (Fsp3) is 0.400. The van der Waals surface area contributed by atoms with Gasteiger partial charge in [-0.3, -0.25) is 9.78 Å². The van der Waals surface area contributed by atoms with Crippen molar-refractivity contribution in [1.29, 1.82) is 0 Å². The second-order valence-electron chi connectivity index (χ2n) is 3.31. The zero-order valence-corrected chi connectivity index (χ0v) is 8.40. The summed E-state index contributed by atoms with van der Waals surface area (Å²) in [4.78, 5) is 15.2. The molecule has 14 heavy (non-hydrogen) atoms. The second kappa shape index (κ2) is 4.72. The van der Waals surface area contributed by atoms with Crippen molar-refractivity contribution in [3.63, 3.8) is 0 Å². The Hall–Kier alpha value is -1.42. The molecule has 1 heterocycles. The molecular weight excluding hydrogens is 178 g/mol. The van der Waals surface area contributed by atoms with Crippen molar-refractivity contribution in [2.45, 2.75) is 25.9 Å². The van der Waals surface area contributed by atoms with E-state index in [1.807, 2.05) is 19.1 Å². The third-order valence-corrected chi connectivity index (χ3v) is 1.96. The molecule has 1 unspecified atom stereocenters. The van der Waals surface area contributed by atoms with Crippen LogP contribution in [-0.2, 0) is 4.79 Å². The number of carbonyl (C=O) groups excluding carboxylic acids is 1. The highest BCUT2D eigenvalue weighted by atomic mass is 16.2. The predicted molar refractivity (Wildman–Crippen MR) is 54.4 cm³/mol. The summed E-state index contributed by atoms with van der Waals surface area (Å²) in [7, 11) is 0. The van der Waals surface area contributed by atoms with Gasteiger partial charge in [-0.05, 0) is 25.5 Å². The van der Waals surface area contributed by atoms with Crippen LogP contribution in [0.2, 0.25) is 0 Å². The molecule has 0 aliphatic carbocycles. The SMILES string of the molecule is CC(NC(=O)[C@H](C)N)c1cccnc1. The van der Waals surface area contributed by atoms with E-state index in [2.05, 4.69) is 10.3 Å². The minimum Gasteiger partial charge on any atom is -0.348 e. The molecule has 0 spiro atoms. The summed E-state index contributed by atoms with van der Waals surface area (Å²) in [6.45, 7) is 3.56. The standard InChI is InChI=1S/C10H15N3O/c1-7(11)10(14)13-8(2)9-4-3-5-12-6-9/h3-8H,11H2,1-2H3,(H,13,14)/t7-,8?/m0/s1. The van der Waals surface area contributed by atoms with E-state index >= 15 is 0 Å². The zero-order valence-electron chi connectivity index (χ0n) is 8.40. The van der Waals surface area contributed by atoms with Crippen molar-refractivity contribution in [2.75, 3.05) is 0 Å². The van der Waals surface area contributed by atoms with E-state index < -0.39 is 6.04 Å². The van der Waals surface area contributed by atoms with Crippen molar-refractivity contribution >= 4 is 5.91 Å². The van der Waals surface area contributed by atoms with Crippen LogP contribution in [0, 0.1) is 0 Å². The van der Waals surface area contributed by atoms with Gasteiger partial charge in [-0.25, -0.2) is 0 Å². The van der Waals surface area contributed by atoms with E-state index in [4.69, 9.17) is 5.73 Å². The van der Waals surface area contributed by atoms with Crippen LogP contribution in [0.4, 0.5) is 0 Å². The number of nitrogens with two attached hydrogens (primary N) is 1. The van der Waals surface area contributed by atoms with Gasteiger partial charge in [0.1, 0.15) is 0 Å². The Labute approximate surface area is 83.5 Å². The highest BCUT2D eigenvalue weighted by Crippen LogP contribution is 2.09. The fourth-order valence-corrected chi connectivity index (χ4v) is 1.06. The first-order valence-electron chi connectivity index (χ1n) is 4.57. The van der Waals surface area contributed by atoms with E-state index in [0.29, 0.717) is 0 Å². The summed E-state index contributed by atoms with van der Waals surface area (Å²) in [5.41, 5.74) is 6.41. The molecule has 0 fully saturated rings. The topological polar surface area (TPSA) is 68.0 Å². The van der Waals surface area contributed by atoms with Gasteiger partial charge in [0.15, 0.2) is 0 Å². The van der Waals surface area contributed by atoms with Gasteiger partial charge in [0, 0.05) is 12.4 Å². The lowest BCUT2D eigenvalue weighted by Gasteiger charge is -2.15. The molecule has 0 aliphatic heterocycles. The summed E-state index contributed by atoms with van der Waals surface area (Å²) >= 11 is 0. The first-order chi connectivity index (χ1) is 6.61. The normalized spacial score (nSPS) is 14.5. The molecule has 3 N–H and O–H groups in total. The van der Waals surface area contributed by atoms with Crippen LogP contribution in [0.5, 0.6) is 0 Å². The van der Waals surface area contributed by atoms with E-state index in [0.717, 1.165) is 5.56 Å². The molecule has 0 bridgehead atoms. The number of hydrogen-bond acceptors (Lipinski definition) is 3. The lowest BCUT2D eigenvalue weighted by atomic mass is 10.1. The molecule has 4 heteroatoms. The molecule has 1 aromatic rings. The van der Waals surface area contributed by atoms with Crippen molar-refractivity contribution in [1.82, 2.24) is 10.3 Å². The van der Waals surface area contributed by atoms with Crippen LogP contribution in [-0.4, -0.2) is 16.9 Å². The molecule has 76 valence electrons. The van der Waals surface area contributed by atoms with Crippen LogP contribution in [0.25, 0.3) is 0 Å². The van der Waals surface area contributed by atoms with Crippen LogP contribution in [0.15, 0.2) is 24.5 Å². The van der Waals surface area contributed by atoms with Crippen molar-refractivity contribution in [2.24, 2.45) is 5.73 Å². The zero-order chi connectivity index (χ0) is 10.6. The van der Waals surface area contributed by atoms with Crippen molar-refractivity contribution in [3.05, 3.63) is 30.1 Å². The molecule has 0 aromatic carbocycles. The van der Waals surface area contributed by atoms with E-state index in [-0.39, 0.29) is 11.9 Å². The predicted octanol–water partition coefficient (Wildman–Crippen LogP) is 0.606. The summed E-state index contributed by atoms with van der Waals surface area (Å²) in [6, 6.07) is 3.22. The minimum atomic E-state index is -0.478. The van der Waals surface area contributed by atoms with Gasteiger partial charge in [-0.15, -0.1) is 0 Å². The molecule has 0 radical (unpaired) electrons. The second-order valence-corrected chi connectivity index (χ2v) is 3.31. The third-order valence-electron chi connectivity index (χ3n) is 1.96. The summed E-state index contributed by atoms with van der Waals surface area (Å²) in [5.74, 6) is -0.152. The van der Waals surface area contributed by atoms with Crippen LogP contribution >= 0.6 is 0 Å². The van der Waals surface area contributed by atoms with Crippen LogP contribution < -0.4 is 11.1 Å². The molecule has 4 nitrogen and oxygen atoms in total. The smallest absolute Gasteiger partial charge is 0.237 e. The van der Waals surface area contributed by atoms with Gasteiger partial charge in [0.2, 0.25) is 5.91 Å². The molecule has 0 aliphatic rings. The maximum atomic E-state index is 11.3. The maximum Gasteiger partial charge on any atom is 0.237 e. The van der Waals surface area contributed by atoms with Crippen LogP contribution in [0.1, 0.15) is 25.5 Å². The summed E-state index contributed by atoms with van der Waals surface area (Å²) in [6.07, 6.45) is 3.43. The number of amides is 1. The number of pyridine rings is 1. The first-order valence-corrected chi connectivity index (χ1v) is 4.57. The van der Waals surface area contributed by atoms with Gasteiger partial charge < -0.3 is 11.1 Å². The summed E-state index contributed by atoms with van der Waals surface area (Å²) < 4.78 is 0. The largest absolute Gasteiger partial charge is 0.348 e. The monoisotopic (exact) mass is 193 g/mol. The molecule has 1 aromatic heterocycles. The Kier molecular flexibility index (Phi) is 3.59. The number of aromatic nitrogens is 1. The minimum absolute atomic E-state index is 0.0535. The van der Waals surface area contributed by atoms with Crippen molar-refractivity contribution < 1.29 is 4.79 Å². The quantitative estimate of drug-likeness (QED) is 0.739. The van der Waals surface area contributed by atoms with Crippen molar-refractivity contribution in [3.8, 4) is 0 Å². The molecular formula is C10H15N3O. The number of nitrogens with zero attached hydrogens (tertiary/aromatic N) is 1. The maximum absolute atomic E-state index is 11.3. The first kappa shape index (κ1) is 10.7. The molecule has 0 saturated heterocycles. The van der Waals surface area contributed by atoms with Gasteiger partial charge in [-0.1, -0.05) is 6.07 Å². The van der Waals surface area contributed by atoms with E-state index in [1.54, 1.807) is 19.3 Å². The van der Waals surface area contributed by atoms with Gasteiger partial charge in [0.05, 0.1) is 12.1 Å². The van der Waals surface area contributed by atoms with Gasteiger partial charge >= 0.3 is 0 Å². The highest BCUT2D eigenvalue weighted by molar-refractivity contribution is 5.81. The highest BCUT2D eigenvalue weighted by Gasteiger charge is 2.11. The molecule has 2 atom stereocenters. The van der Waals surface area contributed by atoms with Gasteiger partial charge in [-0.2, -0.15) is 0 Å². The van der Waals surface area contributed by atoms with E-state index in [9.17, 15) is 4.79 Å². The molecule has 1 amide bonds. The Morgan fingerprint density at radius 1 is 1.57 bits per heavy atom. The van der Waals surface area contributed by atoms with E-state index in [1.165, 1.54) is 0 Å². The Morgan fingerprint density at radius 2 is 2.29 bits per heavy atom. The fourth-order valence-electron chi connectivity index (χ4n) is 1.06. The lowest BCUT2D eigenvalue weighted by Crippen LogP contribution is -2.39. The third kappa shape index (κ3) is 2.81. The van der Waals surface area contributed by atoms with Gasteiger partial charge in [0.25, 0.3) is 0 Å². The Balaban J connectivity index is 2.59. The lowest BCUT2D eigenvalue weighted by molar-refractivity contribution is -0.122. The number of rotatable bonds is 3. The van der Waals surface area contributed by atoms with Crippen LogP contribution in [0.3, 0.4) is 0 Å². The average Bonchev–Trinajstić information content (AvgIpc) is 2.19. The Bertz CT molecular complexity index is 297. The molecule has 0 saturated carbocycles. The summed E-state index contributed by atoms with van der Waals surface area (Å²) in [5, 5.41) is 2.79. The number of carbonyl (C=O) groups is 1.